The lowest BCUT2D eigenvalue weighted by Crippen LogP contribution is -2.22. The molecule has 0 N–H and O–H groups in total. The third-order valence-corrected chi connectivity index (χ3v) is 6.11. The summed E-state index contributed by atoms with van der Waals surface area (Å²) in [7, 11) is 1.61. The lowest BCUT2D eigenvalue weighted by molar-refractivity contribution is 0.284. The van der Waals surface area contributed by atoms with Crippen LogP contribution in [-0.2, 0) is 6.61 Å². The third-order valence-electron chi connectivity index (χ3n) is 5.15. The lowest BCUT2D eigenvalue weighted by Gasteiger charge is -2.11. The van der Waals surface area contributed by atoms with E-state index in [2.05, 4.69) is 36.2 Å². The highest BCUT2D eigenvalue weighted by Crippen LogP contribution is 2.29. The fourth-order valence-electron chi connectivity index (χ4n) is 3.50. The third kappa shape index (κ3) is 3.66. The molecular weight excluding hydrogens is 408 g/mol. The van der Waals surface area contributed by atoms with Crippen LogP contribution in [-0.4, -0.2) is 16.5 Å². The normalized spacial score (nSPS) is 12.0. The minimum absolute atomic E-state index is 0.0626. The van der Waals surface area contributed by atoms with Gasteiger partial charge in [0, 0.05) is 0 Å². The second kappa shape index (κ2) is 7.89. The lowest BCUT2D eigenvalue weighted by atomic mass is 10.1. The van der Waals surface area contributed by atoms with Crippen molar-refractivity contribution in [3.05, 3.63) is 98.3 Å². The van der Waals surface area contributed by atoms with Gasteiger partial charge in [0.1, 0.15) is 6.61 Å². The van der Waals surface area contributed by atoms with Gasteiger partial charge in [-0.25, -0.2) is 9.38 Å². The molecule has 0 saturated heterocycles. The summed E-state index contributed by atoms with van der Waals surface area (Å²) in [4.78, 5) is 18.2. The summed E-state index contributed by atoms with van der Waals surface area (Å²) in [5.74, 6) is 1.29. The minimum Gasteiger partial charge on any atom is -0.493 e. The Morgan fingerprint density at radius 3 is 2.65 bits per heavy atom. The van der Waals surface area contributed by atoms with E-state index in [0.29, 0.717) is 27.6 Å². The van der Waals surface area contributed by atoms with Crippen LogP contribution in [0.1, 0.15) is 16.7 Å². The van der Waals surface area contributed by atoms with Crippen LogP contribution in [0.2, 0.25) is 0 Å². The maximum atomic E-state index is 13.0. The number of aromatic nitrogens is 2. The number of benzene rings is 3. The highest BCUT2D eigenvalue weighted by Gasteiger charge is 2.11. The molecule has 0 saturated carbocycles. The average molecular weight is 429 g/mol. The fourth-order valence-corrected chi connectivity index (χ4v) is 4.49. The first kappa shape index (κ1) is 19.3. The molecule has 5 rings (SSSR count). The second-order valence-corrected chi connectivity index (χ2v) is 8.33. The Morgan fingerprint density at radius 2 is 1.84 bits per heavy atom. The maximum absolute atomic E-state index is 13.0. The predicted octanol–water partition coefficient (Wildman–Crippen LogP) is 4.35. The summed E-state index contributed by atoms with van der Waals surface area (Å²) in [6.07, 6.45) is 1.86. The van der Waals surface area contributed by atoms with Gasteiger partial charge in [-0.1, -0.05) is 59.4 Å². The summed E-state index contributed by atoms with van der Waals surface area (Å²) in [5, 5.41) is 0. The Kier molecular flexibility index (Phi) is 4.92. The van der Waals surface area contributed by atoms with Crippen LogP contribution in [0, 0.1) is 6.92 Å². The van der Waals surface area contributed by atoms with Gasteiger partial charge in [0.05, 0.1) is 22.7 Å². The van der Waals surface area contributed by atoms with Crippen molar-refractivity contribution in [3.8, 4) is 11.5 Å². The van der Waals surface area contributed by atoms with Crippen molar-refractivity contribution in [2.24, 2.45) is 0 Å². The monoisotopic (exact) mass is 428 g/mol. The number of ether oxygens (including phenoxy) is 2. The molecule has 0 fully saturated rings. The van der Waals surface area contributed by atoms with Crippen molar-refractivity contribution in [2.75, 3.05) is 7.11 Å². The summed E-state index contributed by atoms with van der Waals surface area (Å²) in [6.45, 7) is 2.52. The van der Waals surface area contributed by atoms with Gasteiger partial charge in [0.25, 0.3) is 5.56 Å². The predicted molar refractivity (Wildman–Crippen MR) is 124 cm³/mol. The van der Waals surface area contributed by atoms with E-state index in [1.54, 1.807) is 11.5 Å². The molecule has 0 aliphatic heterocycles. The van der Waals surface area contributed by atoms with E-state index < -0.39 is 0 Å². The molecule has 154 valence electrons. The van der Waals surface area contributed by atoms with Gasteiger partial charge in [-0.05, 0) is 48.4 Å². The molecule has 3 aromatic carbocycles. The maximum Gasteiger partial charge on any atom is 0.274 e. The molecule has 0 spiro atoms. The van der Waals surface area contributed by atoms with E-state index in [1.165, 1.54) is 16.9 Å². The summed E-state index contributed by atoms with van der Waals surface area (Å²) < 4.78 is 13.8. The van der Waals surface area contributed by atoms with Crippen molar-refractivity contribution in [3.63, 3.8) is 0 Å². The van der Waals surface area contributed by atoms with Crippen molar-refractivity contribution in [2.45, 2.75) is 13.5 Å². The van der Waals surface area contributed by atoms with Crippen molar-refractivity contribution >= 4 is 33.4 Å². The molecular formula is C25H20N2O3S. The summed E-state index contributed by atoms with van der Waals surface area (Å²) >= 11 is 1.38. The molecule has 0 atom stereocenters. The van der Waals surface area contributed by atoms with E-state index in [4.69, 9.17) is 9.47 Å². The molecule has 0 unspecified atom stereocenters. The van der Waals surface area contributed by atoms with Crippen LogP contribution in [0.4, 0.5) is 0 Å². The van der Waals surface area contributed by atoms with E-state index in [9.17, 15) is 4.79 Å². The zero-order valence-electron chi connectivity index (χ0n) is 17.2. The van der Waals surface area contributed by atoms with Gasteiger partial charge in [0.2, 0.25) is 0 Å². The Labute approximate surface area is 182 Å². The van der Waals surface area contributed by atoms with Gasteiger partial charge in [0.15, 0.2) is 16.5 Å². The Balaban J connectivity index is 1.46. The number of rotatable bonds is 5. The number of aryl methyl sites for hydroxylation is 1. The molecule has 31 heavy (non-hydrogen) atoms. The zero-order valence-corrected chi connectivity index (χ0v) is 18.0. The topological polar surface area (TPSA) is 52.8 Å². The SMILES string of the molecule is COc1cc(/C=c2/sc3nc4ccccc4n3c2=O)ccc1OCc1ccc(C)cc1. The first-order valence-corrected chi connectivity index (χ1v) is 10.7. The number of methoxy groups -OCH3 is 1. The molecule has 5 aromatic rings. The van der Waals surface area contributed by atoms with Gasteiger partial charge in [-0.3, -0.25) is 4.79 Å². The van der Waals surface area contributed by atoms with E-state index >= 15 is 0 Å². The highest BCUT2D eigenvalue weighted by atomic mass is 32.1. The molecule has 0 bridgehead atoms. The number of para-hydroxylation sites is 2. The van der Waals surface area contributed by atoms with Gasteiger partial charge in [-0.2, -0.15) is 0 Å². The Hall–Kier alpha value is -3.64. The van der Waals surface area contributed by atoms with Crippen LogP contribution in [0.5, 0.6) is 11.5 Å². The smallest absolute Gasteiger partial charge is 0.274 e. The molecule has 2 heterocycles. The summed E-state index contributed by atoms with van der Waals surface area (Å²) in [6, 6.07) is 21.6. The van der Waals surface area contributed by atoms with E-state index in [1.807, 2.05) is 48.5 Å². The van der Waals surface area contributed by atoms with E-state index in [0.717, 1.165) is 22.2 Å². The largest absolute Gasteiger partial charge is 0.493 e. The summed E-state index contributed by atoms with van der Waals surface area (Å²) in [5.41, 5.74) is 4.77. The van der Waals surface area contributed by atoms with Gasteiger partial charge in [-0.15, -0.1) is 0 Å². The van der Waals surface area contributed by atoms with Crippen LogP contribution in [0.15, 0.2) is 71.5 Å². The fraction of sp³-hybridized carbons (Fsp3) is 0.120. The first-order chi connectivity index (χ1) is 15.1. The van der Waals surface area contributed by atoms with Gasteiger partial charge >= 0.3 is 0 Å². The van der Waals surface area contributed by atoms with Crippen molar-refractivity contribution in [1.82, 2.24) is 9.38 Å². The van der Waals surface area contributed by atoms with E-state index in [-0.39, 0.29) is 5.56 Å². The molecule has 0 aliphatic carbocycles. The average Bonchev–Trinajstić information content (AvgIpc) is 3.30. The number of imidazole rings is 1. The number of fused-ring (bicyclic) bond motifs is 3. The number of hydrogen-bond acceptors (Lipinski definition) is 5. The molecule has 5 nitrogen and oxygen atoms in total. The Bertz CT molecular complexity index is 1500. The molecule has 0 amide bonds. The zero-order chi connectivity index (χ0) is 21.4. The molecule has 0 radical (unpaired) electrons. The van der Waals surface area contributed by atoms with Crippen LogP contribution >= 0.6 is 11.3 Å². The van der Waals surface area contributed by atoms with Crippen LogP contribution < -0.4 is 19.6 Å². The van der Waals surface area contributed by atoms with Gasteiger partial charge < -0.3 is 9.47 Å². The highest BCUT2D eigenvalue weighted by molar-refractivity contribution is 7.15. The number of hydrogen-bond donors (Lipinski definition) is 0. The first-order valence-electron chi connectivity index (χ1n) is 9.90. The molecule has 0 aliphatic rings. The Morgan fingerprint density at radius 1 is 1.03 bits per heavy atom. The van der Waals surface area contributed by atoms with Crippen molar-refractivity contribution < 1.29 is 9.47 Å². The number of thiazole rings is 1. The molecule has 2 aromatic heterocycles. The van der Waals surface area contributed by atoms with Crippen LogP contribution in [0.25, 0.3) is 22.1 Å². The number of nitrogens with zero attached hydrogens (tertiary/aromatic N) is 2. The minimum atomic E-state index is -0.0626. The van der Waals surface area contributed by atoms with Crippen molar-refractivity contribution in [1.29, 1.82) is 0 Å². The second-order valence-electron chi connectivity index (χ2n) is 7.32. The standard InChI is InChI=1S/C25H20N2O3S/c1-16-7-9-17(10-8-16)15-30-21-12-11-18(13-22(21)29-2)14-23-24(28)27-20-6-4-3-5-19(20)26-25(27)31-23/h3-14H,15H2,1-2H3/b23-14+. The van der Waals surface area contributed by atoms with Crippen LogP contribution in [0.3, 0.4) is 0 Å². The quantitative estimate of drug-likeness (QED) is 0.418. The molecule has 6 heteroatoms.